The lowest BCUT2D eigenvalue weighted by Crippen LogP contribution is -2.40. The van der Waals surface area contributed by atoms with Gasteiger partial charge in [0.2, 0.25) is 0 Å². The Labute approximate surface area is 113 Å². The van der Waals surface area contributed by atoms with Gasteiger partial charge in [-0.1, -0.05) is 18.0 Å². The molecule has 1 fully saturated rings. The van der Waals surface area contributed by atoms with Crippen molar-refractivity contribution in [1.82, 2.24) is 14.5 Å². The van der Waals surface area contributed by atoms with Crippen LogP contribution in [0.15, 0.2) is 6.20 Å². The molecule has 2 rings (SSSR count). The van der Waals surface area contributed by atoms with Crippen LogP contribution >= 0.6 is 11.6 Å². The first kappa shape index (κ1) is 13.6. The van der Waals surface area contributed by atoms with Gasteiger partial charge in [-0.05, 0) is 26.3 Å². The average Bonchev–Trinajstić information content (AvgIpc) is 2.63. The highest BCUT2D eigenvalue weighted by molar-refractivity contribution is 6.29. The molecule has 1 aliphatic heterocycles. The fraction of sp³-hybridized carbons (Fsp3) is 0.692. The van der Waals surface area contributed by atoms with Crippen LogP contribution in [0.4, 0.5) is 0 Å². The van der Waals surface area contributed by atoms with E-state index in [9.17, 15) is 4.79 Å². The highest BCUT2D eigenvalue weighted by Gasteiger charge is 2.24. The van der Waals surface area contributed by atoms with Crippen LogP contribution in [0.5, 0.6) is 0 Å². The average molecular weight is 270 g/mol. The summed E-state index contributed by atoms with van der Waals surface area (Å²) < 4.78 is 1.90. The molecule has 18 heavy (non-hydrogen) atoms. The molecule has 0 aromatic carbocycles. The predicted molar refractivity (Wildman–Crippen MR) is 71.6 cm³/mol. The molecule has 0 amide bonds. The van der Waals surface area contributed by atoms with Gasteiger partial charge >= 0.3 is 0 Å². The Balaban J connectivity index is 2.05. The summed E-state index contributed by atoms with van der Waals surface area (Å²) in [5, 5.41) is 0.658. The molecule has 100 valence electrons. The van der Waals surface area contributed by atoms with E-state index in [1.165, 1.54) is 12.8 Å². The maximum absolute atomic E-state index is 11.3. The normalized spacial score (nSPS) is 21.2. The van der Waals surface area contributed by atoms with Crippen molar-refractivity contribution in [1.29, 1.82) is 0 Å². The summed E-state index contributed by atoms with van der Waals surface area (Å²) in [4.78, 5) is 18.0. The zero-order valence-corrected chi connectivity index (χ0v) is 11.8. The Hall–Kier alpha value is -0.870. The van der Waals surface area contributed by atoms with Crippen LogP contribution in [0.2, 0.25) is 5.15 Å². The summed E-state index contributed by atoms with van der Waals surface area (Å²) >= 11 is 6.00. The number of likely N-dealkylation sites (tertiary alicyclic amines) is 1. The number of carbonyl (C=O) groups is 1. The van der Waals surface area contributed by atoms with E-state index < -0.39 is 0 Å². The lowest BCUT2D eigenvalue weighted by Gasteiger charge is -2.34. The summed E-state index contributed by atoms with van der Waals surface area (Å²) in [5.41, 5.74) is 0. The maximum atomic E-state index is 11.3. The van der Waals surface area contributed by atoms with E-state index in [4.69, 9.17) is 11.6 Å². The number of ketones is 1. The molecule has 5 heteroatoms. The van der Waals surface area contributed by atoms with Gasteiger partial charge in [-0.2, -0.15) is 0 Å². The van der Waals surface area contributed by atoms with Crippen molar-refractivity contribution >= 4 is 17.4 Å². The van der Waals surface area contributed by atoms with E-state index >= 15 is 0 Å². The van der Waals surface area contributed by atoms with Crippen molar-refractivity contribution in [2.45, 2.75) is 45.2 Å². The molecule has 0 aliphatic carbocycles. The third-order valence-corrected chi connectivity index (χ3v) is 4.00. The Morgan fingerprint density at radius 1 is 1.56 bits per heavy atom. The summed E-state index contributed by atoms with van der Waals surface area (Å²) in [6, 6.07) is 0.367. The number of piperidine rings is 1. The Kier molecular flexibility index (Phi) is 4.40. The van der Waals surface area contributed by atoms with Gasteiger partial charge < -0.3 is 4.57 Å². The molecule has 0 radical (unpaired) electrons. The lowest BCUT2D eigenvalue weighted by atomic mass is 9.98. The van der Waals surface area contributed by atoms with Crippen LogP contribution < -0.4 is 0 Å². The van der Waals surface area contributed by atoms with Gasteiger partial charge in [0.05, 0.1) is 12.7 Å². The van der Waals surface area contributed by atoms with Gasteiger partial charge in [-0.15, -0.1) is 0 Å². The third-order valence-electron chi connectivity index (χ3n) is 3.64. The van der Waals surface area contributed by atoms with E-state index in [1.54, 1.807) is 13.1 Å². The molecule has 1 aromatic heterocycles. The van der Waals surface area contributed by atoms with Crippen LogP contribution in [0.3, 0.4) is 0 Å². The van der Waals surface area contributed by atoms with Gasteiger partial charge in [-0.3, -0.25) is 9.69 Å². The largest absolute Gasteiger partial charge is 0.321 e. The van der Waals surface area contributed by atoms with Gasteiger partial charge in [0, 0.05) is 19.5 Å². The minimum absolute atomic E-state index is 0.268. The van der Waals surface area contributed by atoms with Crippen LogP contribution in [0, 0.1) is 0 Å². The first-order valence-corrected chi connectivity index (χ1v) is 6.85. The number of hydrogen-bond acceptors (Lipinski definition) is 3. The molecule has 0 bridgehead atoms. The van der Waals surface area contributed by atoms with E-state index in [-0.39, 0.29) is 5.78 Å². The first-order valence-electron chi connectivity index (χ1n) is 6.47. The van der Waals surface area contributed by atoms with E-state index in [0.29, 0.717) is 17.6 Å². The van der Waals surface area contributed by atoms with Gasteiger partial charge in [-0.25, -0.2) is 4.98 Å². The van der Waals surface area contributed by atoms with Gasteiger partial charge in [0.15, 0.2) is 0 Å². The molecule has 1 atom stereocenters. The molecular weight excluding hydrogens is 250 g/mol. The number of hydrogen-bond donors (Lipinski definition) is 0. The maximum Gasteiger partial charge on any atom is 0.131 e. The molecule has 1 saturated heterocycles. The predicted octanol–water partition coefficient (Wildman–Crippen LogP) is 2.41. The van der Waals surface area contributed by atoms with Crippen LogP contribution in [-0.2, 0) is 18.4 Å². The summed E-state index contributed by atoms with van der Waals surface area (Å²) in [6.45, 7) is 3.49. The second-order valence-electron chi connectivity index (χ2n) is 5.08. The van der Waals surface area contributed by atoms with Gasteiger partial charge in [0.25, 0.3) is 0 Å². The standard InChI is InChI=1S/C13H20ClN3O/c1-10(18)7-11-5-3-4-6-17(11)9-13-15-8-12(14)16(13)2/h8,11H,3-7,9H2,1-2H3. The Morgan fingerprint density at radius 3 is 2.94 bits per heavy atom. The molecule has 2 heterocycles. The summed E-state index contributed by atoms with van der Waals surface area (Å²) in [6.07, 6.45) is 5.86. The molecule has 0 N–H and O–H groups in total. The topological polar surface area (TPSA) is 38.1 Å². The Bertz CT molecular complexity index is 430. The highest BCUT2D eigenvalue weighted by atomic mass is 35.5. The zero-order valence-electron chi connectivity index (χ0n) is 11.0. The van der Waals surface area contributed by atoms with E-state index in [0.717, 1.165) is 25.3 Å². The monoisotopic (exact) mass is 269 g/mol. The minimum atomic E-state index is 0.268. The second-order valence-corrected chi connectivity index (χ2v) is 5.47. The number of imidazole rings is 1. The molecule has 0 saturated carbocycles. The Morgan fingerprint density at radius 2 is 2.33 bits per heavy atom. The molecule has 4 nitrogen and oxygen atoms in total. The molecular formula is C13H20ClN3O. The minimum Gasteiger partial charge on any atom is -0.321 e. The van der Waals surface area contributed by atoms with Crippen molar-refractivity contribution < 1.29 is 4.79 Å². The molecule has 1 aliphatic rings. The SMILES string of the molecule is CC(=O)CC1CCCCN1Cc1ncc(Cl)n1C. The number of aromatic nitrogens is 2. The molecule has 1 unspecified atom stereocenters. The van der Waals surface area contributed by atoms with Gasteiger partial charge in [0.1, 0.15) is 16.8 Å². The number of rotatable bonds is 4. The third kappa shape index (κ3) is 3.12. The number of Topliss-reactive ketones (excluding diaryl/α,β-unsaturated/α-hetero) is 1. The summed E-state index contributed by atoms with van der Waals surface area (Å²) in [7, 11) is 1.93. The number of nitrogens with zero attached hydrogens (tertiary/aromatic N) is 3. The fourth-order valence-electron chi connectivity index (χ4n) is 2.58. The smallest absolute Gasteiger partial charge is 0.131 e. The van der Waals surface area contributed by atoms with E-state index in [2.05, 4.69) is 9.88 Å². The highest BCUT2D eigenvalue weighted by Crippen LogP contribution is 2.22. The van der Waals surface area contributed by atoms with Crippen LogP contribution in [-0.4, -0.2) is 32.8 Å². The van der Waals surface area contributed by atoms with Crippen molar-refractivity contribution in [3.63, 3.8) is 0 Å². The van der Waals surface area contributed by atoms with E-state index in [1.807, 2.05) is 11.6 Å². The van der Waals surface area contributed by atoms with Crippen molar-refractivity contribution in [2.24, 2.45) is 7.05 Å². The van der Waals surface area contributed by atoms with Crippen LogP contribution in [0.25, 0.3) is 0 Å². The molecule has 1 aromatic rings. The first-order chi connectivity index (χ1) is 8.58. The quantitative estimate of drug-likeness (QED) is 0.843. The fourth-order valence-corrected chi connectivity index (χ4v) is 2.73. The number of carbonyl (C=O) groups excluding carboxylic acids is 1. The second kappa shape index (κ2) is 5.85. The van der Waals surface area contributed by atoms with Crippen molar-refractivity contribution in [3.8, 4) is 0 Å². The van der Waals surface area contributed by atoms with Crippen LogP contribution in [0.1, 0.15) is 38.4 Å². The molecule has 0 spiro atoms. The summed E-state index contributed by atoms with van der Waals surface area (Å²) in [5.74, 6) is 1.24. The van der Waals surface area contributed by atoms with Crippen molar-refractivity contribution in [3.05, 3.63) is 17.2 Å². The lowest BCUT2D eigenvalue weighted by molar-refractivity contribution is -0.118. The zero-order chi connectivity index (χ0) is 13.1. The van der Waals surface area contributed by atoms with Crippen molar-refractivity contribution in [2.75, 3.05) is 6.54 Å². The number of halogens is 1.